The van der Waals surface area contributed by atoms with Gasteiger partial charge in [0, 0.05) is 42.7 Å². The maximum absolute atomic E-state index is 12.3. The van der Waals surface area contributed by atoms with Crippen LogP contribution in [0.15, 0.2) is 41.2 Å². The molecule has 9 heteroatoms. The van der Waals surface area contributed by atoms with Crippen molar-refractivity contribution in [2.75, 3.05) is 55.9 Å². The van der Waals surface area contributed by atoms with E-state index in [2.05, 4.69) is 14.9 Å². The first-order valence-corrected chi connectivity index (χ1v) is 9.87. The Morgan fingerprint density at radius 3 is 2.27 bits per heavy atom. The number of ether oxygens (including phenoxy) is 2. The van der Waals surface area contributed by atoms with Gasteiger partial charge in [-0.1, -0.05) is 11.6 Å². The van der Waals surface area contributed by atoms with Gasteiger partial charge in [-0.25, -0.2) is 4.98 Å². The number of benzene rings is 1. The zero-order valence-corrected chi connectivity index (χ0v) is 17.5. The lowest BCUT2D eigenvalue weighted by atomic mass is 10.2. The molecule has 0 radical (unpaired) electrons. The van der Waals surface area contributed by atoms with Gasteiger partial charge in [0.05, 0.1) is 25.4 Å². The number of nitrogens with zero attached hydrogens (tertiary/aromatic N) is 4. The summed E-state index contributed by atoms with van der Waals surface area (Å²) in [6.45, 7) is 2.63. The van der Waals surface area contributed by atoms with Crippen molar-refractivity contribution in [2.45, 2.75) is 0 Å². The van der Waals surface area contributed by atoms with Crippen molar-refractivity contribution in [3.05, 3.63) is 51.6 Å². The van der Waals surface area contributed by atoms with Crippen LogP contribution in [0.4, 0.5) is 17.5 Å². The van der Waals surface area contributed by atoms with E-state index >= 15 is 0 Å². The van der Waals surface area contributed by atoms with Crippen molar-refractivity contribution >= 4 is 40.0 Å². The fourth-order valence-electron chi connectivity index (χ4n) is 3.55. The van der Waals surface area contributed by atoms with Crippen LogP contribution in [0, 0.1) is 0 Å². The monoisotopic (exact) mass is 427 g/mol. The molecule has 30 heavy (non-hydrogen) atoms. The fraction of sp³-hybridized carbons (Fsp3) is 0.286. The average molecular weight is 428 g/mol. The smallest absolute Gasteiger partial charge is 0.228 e. The molecule has 0 amide bonds. The highest BCUT2D eigenvalue weighted by Gasteiger charge is 2.22. The molecule has 0 unspecified atom stereocenters. The largest absolute Gasteiger partial charge is 0.493 e. The summed E-state index contributed by atoms with van der Waals surface area (Å²) in [7, 11) is 3.15. The standard InChI is InChI=1S/C21H22ClN5O3/c1-29-18-11-14-15(12-19(18)30-2)24-21(25-20(14)23)27-9-7-26(8-10-27)16-5-3-13(22)4-6-17(16)28/h3-6,11-12H,7-10H2,1-2H3,(H2,23,24,25). The summed E-state index contributed by atoms with van der Waals surface area (Å²) in [6.07, 6.45) is 0. The van der Waals surface area contributed by atoms with Crippen LogP contribution in [0.3, 0.4) is 0 Å². The molecule has 2 N–H and O–H groups in total. The zero-order chi connectivity index (χ0) is 21.3. The van der Waals surface area contributed by atoms with Crippen LogP contribution in [0.5, 0.6) is 11.5 Å². The maximum atomic E-state index is 12.3. The van der Waals surface area contributed by atoms with Crippen molar-refractivity contribution in [1.82, 2.24) is 9.97 Å². The normalized spacial score (nSPS) is 14.1. The Balaban J connectivity index is 1.59. The molecule has 0 atom stereocenters. The van der Waals surface area contributed by atoms with Gasteiger partial charge in [0.1, 0.15) is 5.82 Å². The summed E-state index contributed by atoms with van der Waals surface area (Å²) in [4.78, 5) is 25.6. The number of methoxy groups -OCH3 is 2. The lowest BCUT2D eigenvalue weighted by Gasteiger charge is -2.35. The first kappa shape index (κ1) is 20.0. The van der Waals surface area contributed by atoms with E-state index in [1.165, 1.54) is 6.07 Å². The number of nitrogens with two attached hydrogens (primary N) is 1. The second-order valence-electron chi connectivity index (χ2n) is 6.91. The van der Waals surface area contributed by atoms with Crippen LogP contribution in [-0.4, -0.2) is 50.4 Å². The predicted octanol–water partition coefficient (Wildman–Crippen LogP) is 2.57. The molecule has 2 heterocycles. The molecular formula is C21H22ClN5O3. The van der Waals surface area contributed by atoms with E-state index in [1.807, 2.05) is 4.90 Å². The van der Waals surface area contributed by atoms with E-state index in [4.69, 9.17) is 26.8 Å². The van der Waals surface area contributed by atoms with E-state index in [0.717, 1.165) is 0 Å². The number of nitrogen functional groups attached to an aromatic ring is 1. The minimum Gasteiger partial charge on any atom is -0.493 e. The van der Waals surface area contributed by atoms with Gasteiger partial charge in [0.2, 0.25) is 11.4 Å². The van der Waals surface area contributed by atoms with Gasteiger partial charge < -0.3 is 25.0 Å². The number of anilines is 3. The number of halogens is 1. The van der Waals surface area contributed by atoms with Crippen molar-refractivity contribution in [3.8, 4) is 11.5 Å². The van der Waals surface area contributed by atoms with Crippen LogP contribution in [0.1, 0.15) is 0 Å². The number of piperazine rings is 1. The molecule has 0 spiro atoms. The SMILES string of the molecule is COc1cc2nc(N3CCN(c4ccc(Cl)ccc4=O)CC3)nc(N)c2cc1OC. The third-order valence-electron chi connectivity index (χ3n) is 5.17. The summed E-state index contributed by atoms with van der Waals surface area (Å²) >= 11 is 6.00. The van der Waals surface area contributed by atoms with E-state index in [-0.39, 0.29) is 5.43 Å². The number of aromatic nitrogens is 2. The maximum Gasteiger partial charge on any atom is 0.228 e. The second-order valence-corrected chi connectivity index (χ2v) is 7.34. The predicted molar refractivity (Wildman–Crippen MR) is 119 cm³/mol. The molecule has 1 saturated heterocycles. The average Bonchev–Trinajstić information content (AvgIpc) is 2.93. The Hall–Kier alpha value is -3.26. The molecule has 0 saturated carbocycles. The fourth-order valence-corrected chi connectivity index (χ4v) is 3.68. The van der Waals surface area contributed by atoms with Crippen molar-refractivity contribution in [1.29, 1.82) is 0 Å². The highest BCUT2D eigenvalue weighted by molar-refractivity contribution is 6.30. The number of hydrogen-bond donors (Lipinski definition) is 1. The van der Waals surface area contributed by atoms with Gasteiger partial charge in [-0.05, 0) is 30.3 Å². The Labute approximate surface area is 178 Å². The quantitative estimate of drug-likeness (QED) is 0.679. The van der Waals surface area contributed by atoms with Crippen molar-refractivity contribution < 1.29 is 9.47 Å². The Morgan fingerprint density at radius 1 is 0.933 bits per heavy atom. The topological polar surface area (TPSA) is 93.8 Å². The molecule has 1 aliphatic rings. The third kappa shape index (κ3) is 3.78. The molecule has 156 valence electrons. The molecule has 4 rings (SSSR count). The minimum atomic E-state index is -0.0532. The summed E-state index contributed by atoms with van der Waals surface area (Å²) in [5.41, 5.74) is 7.47. The van der Waals surface area contributed by atoms with Gasteiger partial charge in [0.15, 0.2) is 11.5 Å². The summed E-state index contributed by atoms with van der Waals surface area (Å²) in [5.74, 6) is 2.09. The molecule has 8 nitrogen and oxygen atoms in total. The van der Waals surface area contributed by atoms with E-state index in [1.54, 1.807) is 44.6 Å². The van der Waals surface area contributed by atoms with Gasteiger partial charge in [-0.3, -0.25) is 4.79 Å². The minimum absolute atomic E-state index is 0.0532. The molecule has 1 fully saturated rings. The summed E-state index contributed by atoms with van der Waals surface area (Å²) < 4.78 is 10.7. The molecule has 1 aromatic heterocycles. The van der Waals surface area contributed by atoms with Gasteiger partial charge in [0.25, 0.3) is 0 Å². The summed E-state index contributed by atoms with van der Waals surface area (Å²) in [6, 6.07) is 10.2. The van der Waals surface area contributed by atoms with Crippen LogP contribution >= 0.6 is 11.6 Å². The number of fused-ring (bicyclic) bond motifs is 1. The highest BCUT2D eigenvalue weighted by atomic mass is 35.5. The van der Waals surface area contributed by atoms with E-state index < -0.39 is 0 Å². The zero-order valence-electron chi connectivity index (χ0n) is 16.8. The molecule has 2 aromatic carbocycles. The van der Waals surface area contributed by atoms with Crippen LogP contribution < -0.4 is 30.4 Å². The third-order valence-corrected chi connectivity index (χ3v) is 5.42. The number of rotatable bonds is 4. The van der Waals surface area contributed by atoms with Crippen molar-refractivity contribution in [2.24, 2.45) is 0 Å². The highest BCUT2D eigenvalue weighted by Crippen LogP contribution is 2.34. The lowest BCUT2D eigenvalue weighted by Crippen LogP contribution is -2.48. The van der Waals surface area contributed by atoms with E-state index in [9.17, 15) is 4.79 Å². The van der Waals surface area contributed by atoms with Crippen LogP contribution in [0.25, 0.3) is 10.9 Å². The van der Waals surface area contributed by atoms with Gasteiger partial charge >= 0.3 is 0 Å². The first-order valence-electron chi connectivity index (χ1n) is 9.49. The van der Waals surface area contributed by atoms with Gasteiger partial charge in [-0.2, -0.15) is 4.98 Å². The molecule has 0 aliphatic carbocycles. The van der Waals surface area contributed by atoms with Crippen LogP contribution in [-0.2, 0) is 0 Å². The van der Waals surface area contributed by atoms with Gasteiger partial charge in [-0.15, -0.1) is 0 Å². The first-order chi connectivity index (χ1) is 14.5. The number of hydrogen-bond acceptors (Lipinski definition) is 8. The van der Waals surface area contributed by atoms with Crippen molar-refractivity contribution in [3.63, 3.8) is 0 Å². The molecule has 3 aromatic rings. The Bertz CT molecular complexity index is 1150. The molecule has 0 bridgehead atoms. The second kappa shape index (κ2) is 8.23. The molecule has 1 aliphatic heterocycles. The lowest BCUT2D eigenvalue weighted by molar-refractivity contribution is 0.356. The van der Waals surface area contributed by atoms with E-state index in [0.29, 0.717) is 71.1 Å². The molecular weight excluding hydrogens is 406 g/mol. The Kier molecular flexibility index (Phi) is 5.50. The summed E-state index contributed by atoms with van der Waals surface area (Å²) in [5, 5.41) is 1.24. The Morgan fingerprint density at radius 2 is 1.57 bits per heavy atom. The van der Waals surface area contributed by atoms with Crippen LogP contribution in [0.2, 0.25) is 5.02 Å².